The maximum Gasteiger partial charge on any atom is 0.336 e. The molecule has 1 amide bonds. The van der Waals surface area contributed by atoms with Crippen LogP contribution in [0.1, 0.15) is 5.56 Å². The lowest BCUT2D eigenvalue weighted by atomic mass is 10.1. The summed E-state index contributed by atoms with van der Waals surface area (Å²) in [6.07, 6.45) is 0. The molecule has 0 aliphatic rings. The van der Waals surface area contributed by atoms with Gasteiger partial charge in [-0.15, -0.1) is 0 Å². The summed E-state index contributed by atoms with van der Waals surface area (Å²) in [5, 5.41) is 27.4. The summed E-state index contributed by atoms with van der Waals surface area (Å²) in [6, 6.07) is 17.0. The minimum absolute atomic E-state index is 0.0373. The molecule has 170 valence electrons. The fourth-order valence-electron chi connectivity index (χ4n) is 3.08. The third kappa shape index (κ3) is 5.73. The van der Waals surface area contributed by atoms with Crippen molar-refractivity contribution in [3.05, 3.63) is 78.4 Å². The van der Waals surface area contributed by atoms with Crippen LogP contribution >= 0.6 is 0 Å². The number of benzene rings is 3. The summed E-state index contributed by atoms with van der Waals surface area (Å²) in [5.41, 5.74) is 7.37. The number of aliphatic carboxylic acids is 1. The first-order chi connectivity index (χ1) is 15.6. The van der Waals surface area contributed by atoms with Crippen molar-refractivity contribution in [2.24, 2.45) is 10.9 Å². The van der Waals surface area contributed by atoms with Crippen LogP contribution in [0, 0.1) is 5.41 Å². The third-order valence-electron chi connectivity index (χ3n) is 4.65. The van der Waals surface area contributed by atoms with Crippen LogP contribution < -0.4 is 21.5 Å². The van der Waals surface area contributed by atoms with Crippen molar-refractivity contribution >= 4 is 39.1 Å². The Morgan fingerprint density at radius 3 is 2.21 bits per heavy atom. The van der Waals surface area contributed by atoms with E-state index < -0.39 is 27.9 Å². The summed E-state index contributed by atoms with van der Waals surface area (Å²) in [7, 11) is -3.93. The maximum absolute atomic E-state index is 12.6. The number of nitrogen functional groups attached to an aromatic ring is 1. The molecular weight excluding hydrogens is 446 g/mol. The van der Waals surface area contributed by atoms with Gasteiger partial charge >= 0.3 is 5.97 Å². The number of nitrogens with one attached hydrogen (secondary N) is 3. The highest BCUT2D eigenvalue weighted by molar-refractivity contribution is 7.89. The monoisotopic (exact) mass is 467 g/mol. The number of nitrogens with two attached hydrogens (primary N) is 2. The molecular formula is C22H21N5O5S. The first-order valence-electron chi connectivity index (χ1n) is 9.53. The summed E-state index contributed by atoms with van der Waals surface area (Å²) >= 11 is 0. The normalized spacial score (nSPS) is 11.9. The van der Waals surface area contributed by atoms with Gasteiger partial charge in [-0.2, -0.15) is 0 Å². The number of primary sulfonamides is 1. The van der Waals surface area contributed by atoms with Crippen LogP contribution in [0.5, 0.6) is 0 Å². The number of hydrogen-bond acceptors (Lipinski definition) is 6. The van der Waals surface area contributed by atoms with Gasteiger partial charge < -0.3 is 21.5 Å². The zero-order valence-corrected chi connectivity index (χ0v) is 18.0. The van der Waals surface area contributed by atoms with E-state index in [1.54, 1.807) is 48.5 Å². The van der Waals surface area contributed by atoms with Crippen LogP contribution in [-0.4, -0.2) is 37.3 Å². The number of carbonyl (C=O) groups excluding carboxylic acids is 1. The predicted molar refractivity (Wildman–Crippen MR) is 124 cm³/mol. The summed E-state index contributed by atoms with van der Waals surface area (Å²) in [6.45, 7) is 0. The number of rotatable bonds is 8. The number of carboxylic acid groups (broad SMARTS) is 1. The van der Waals surface area contributed by atoms with Crippen LogP contribution in [0.3, 0.4) is 0 Å². The first kappa shape index (κ1) is 23.4. The zero-order valence-electron chi connectivity index (χ0n) is 17.1. The van der Waals surface area contributed by atoms with Crippen LogP contribution in [0.4, 0.5) is 11.4 Å². The van der Waals surface area contributed by atoms with E-state index in [1.165, 1.54) is 24.3 Å². The quantitative estimate of drug-likeness (QED) is 0.165. The highest BCUT2D eigenvalue weighted by atomic mass is 32.2. The topological polar surface area (TPSA) is 188 Å². The van der Waals surface area contributed by atoms with Crippen molar-refractivity contribution in [3.63, 3.8) is 0 Å². The van der Waals surface area contributed by atoms with Gasteiger partial charge in [-0.1, -0.05) is 42.5 Å². The van der Waals surface area contributed by atoms with E-state index in [1.807, 2.05) is 0 Å². The van der Waals surface area contributed by atoms with Gasteiger partial charge in [0.2, 0.25) is 16.1 Å². The standard InChI is InChI=1S/C22H21N5O5S/c23-20(24)14-4-3-5-16(12-14)26-19(22(29)30)21(28)27-15-10-8-13(9-11-15)17-6-1-2-7-18(17)33(25,31)32/h1-12,19,26H,(H3,23,24)(H,27,28)(H,29,30)(H2,25,31,32)/t19-/m0/s1. The van der Waals surface area contributed by atoms with E-state index in [9.17, 15) is 23.1 Å². The molecule has 0 unspecified atom stereocenters. The molecule has 0 saturated heterocycles. The van der Waals surface area contributed by atoms with Gasteiger partial charge in [0.15, 0.2) is 0 Å². The number of amides is 1. The predicted octanol–water partition coefficient (Wildman–Crippen LogP) is 1.79. The Morgan fingerprint density at radius 2 is 1.61 bits per heavy atom. The molecule has 11 heteroatoms. The van der Waals surface area contributed by atoms with E-state index in [4.69, 9.17) is 16.3 Å². The van der Waals surface area contributed by atoms with Crippen molar-refractivity contribution in [1.82, 2.24) is 0 Å². The largest absolute Gasteiger partial charge is 0.479 e. The van der Waals surface area contributed by atoms with Crippen molar-refractivity contribution in [3.8, 4) is 11.1 Å². The van der Waals surface area contributed by atoms with Gasteiger partial charge in [0.25, 0.3) is 5.91 Å². The minimum atomic E-state index is -3.93. The highest BCUT2D eigenvalue weighted by Crippen LogP contribution is 2.27. The smallest absolute Gasteiger partial charge is 0.336 e. The van der Waals surface area contributed by atoms with Crippen molar-refractivity contribution in [2.75, 3.05) is 10.6 Å². The molecule has 1 atom stereocenters. The summed E-state index contributed by atoms with van der Waals surface area (Å²) in [4.78, 5) is 24.2. The minimum Gasteiger partial charge on any atom is -0.479 e. The molecule has 0 radical (unpaired) electrons. The number of amidine groups is 1. The number of carbonyl (C=O) groups is 2. The summed E-state index contributed by atoms with van der Waals surface area (Å²) < 4.78 is 23.7. The molecule has 0 aliphatic heterocycles. The molecule has 3 aromatic carbocycles. The van der Waals surface area contributed by atoms with Crippen LogP contribution in [0.15, 0.2) is 77.7 Å². The molecule has 0 aliphatic carbocycles. The molecule has 3 rings (SSSR count). The Hall–Kier alpha value is -4.22. The SMILES string of the molecule is N=C(N)c1cccc(N[C@H](C(=O)O)C(=O)Nc2ccc(-c3ccccc3S(N)(=O)=O)cc2)c1. The molecule has 3 aromatic rings. The first-order valence-corrected chi connectivity index (χ1v) is 11.1. The van der Waals surface area contributed by atoms with Crippen molar-refractivity contribution in [2.45, 2.75) is 10.9 Å². The van der Waals surface area contributed by atoms with Gasteiger partial charge in [-0.25, -0.2) is 18.4 Å². The second-order valence-corrected chi connectivity index (χ2v) is 8.55. The van der Waals surface area contributed by atoms with Crippen molar-refractivity contribution in [1.29, 1.82) is 5.41 Å². The molecule has 8 N–H and O–H groups in total. The number of anilines is 2. The van der Waals surface area contributed by atoms with Gasteiger partial charge in [0.05, 0.1) is 4.90 Å². The van der Waals surface area contributed by atoms with Crippen LogP contribution in [-0.2, 0) is 19.6 Å². The molecule has 0 saturated carbocycles. The Labute approximate surface area is 189 Å². The van der Waals surface area contributed by atoms with Gasteiger partial charge in [-0.3, -0.25) is 10.2 Å². The highest BCUT2D eigenvalue weighted by Gasteiger charge is 2.26. The average Bonchev–Trinajstić information content (AvgIpc) is 2.77. The lowest BCUT2D eigenvalue weighted by Gasteiger charge is -2.16. The van der Waals surface area contributed by atoms with E-state index in [-0.39, 0.29) is 10.7 Å². The van der Waals surface area contributed by atoms with Crippen LogP contribution in [0.2, 0.25) is 0 Å². The lowest BCUT2D eigenvalue weighted by Crippen LogP contribution is -2.41. The Morgan fingerprint density at radius 1 is 0.939 bits per heavy atom. The second-order valence-electron chi connectivity index (χ2n) is 7.02. The second kappa shape index (κ2) is 9.51. The zero-order chi connectivity index (χ0) is 24.2. The summed E-state index contributed by atoms with van der Waals surface area (Å²) in [5.74, 6) is -2.42. The fraction of sp³-hybridized carbons (Fsp3) is 0.0455. The maximum atomic E-state index is 12.6. The lowest BCUT2D eigenvalue weighted by molar-refractivity contribution is -0.140. The molecule has 0 aromatic heterocycles. The molecule has 0 bridgehead atoms. The van der Waals surface area contributed by atoms with E-state index in [2.05, 4.69) is 10.6 Å². The van der Waals surface area contributed by atoms with E-state index in [0.717, 1.165) is 0 Å². The van der Waals surface area contributed by atoms with Gasteiger partial charge in [0.1, 0.15) is 5.84 Å². The Kier molecular flexibility index (Phi) is 6.75. The third-order valence-corrected chi connectivity index (χ3v) is 5.62. The fourth-order valence-corrected chi connectivity index (χ4v) is 3.84. The Bertz CT molecular complexity index is 1320. The molecule has 10 nitrogen and oxygen atoms in total. The number of hydrogen-bond donors (Lipinski definition) is 6. The molecule has 0 fully saturated rings. The molecule has 33 heavy (non-hydrogen) atoms. The number of sulfonamides is 1. The Balaban J connectivity index is 1.79. The van der Waals surface area contributed by atoms with Crippen LogP contribution in [0.25, 0.3) is 11.1 Å². The average molecular weight is 468 g/mol. The van der Waals surface area contributed by atoms with Crippen molar-refractivity contribution < 1.29 is 23.1 Å². The van der Waals surface area contributed by atoms with E-state index >= 15 is 0 Å². The van der Waals surface area contributed by atoms with E-state index in [0.29, 0.717) is 28.1 Å². The molecule has 0 spiro atoms. The van der Waals surface area contributed by atoms with Gasteiger partial charge in [-0.05, 0) is 35.9 Å². The number of carboxylic acids is 1. The molecule has 0 heterocycles. The van der Waals surface area contributed by atoms with Gasteiger partial charge in [0, 0.05) is 22.5 Å².